The zero-order chi connectivity index (χ0) is 14.5. The fraction of sp³-hybridized carbons (Fsp3) is 0. The van der Waals surface area contributed by atoms with Crippen LogP contribution in [0.4, 0.5) is 10.9 Å². The summed E-state index contributed by atoms with van der Waals surface area (Å²) in [6.45, 7) is 0. The molecule has 12 heteroatoms. The van der Waals surface area contributed by atoms with Crippen LogP contribution in [-0.2, 0) is 17.1 Å². The molecule has 0 saturated heterocycles. The maximum atomic E-state index is 4.49. The average molecular weight is 425 g/mol. The van der Waals surface area contributed by atoms with E-state index in [1.54, 1.807) is 0 Å². The number of aromatic nitrogens is 3. The second-order valence-electron chi connectivity index (χ2n) is 4.17. The molecule has 0 N–H and O–H groups in total. The van der Waals surface area contributed by atoms with Crippen molar-refractivity contribution >= 4 is 79.1 Å². The van der Waals surface area contributed by atoms with Gasteiger partial charge in [0.15, 0.2) is 5.82 Å². The molecule has 1 radical (unpaired) electrons. The van der Waals surface area contributed by atoms with Gasteiger partial charge in [0.05, 0.1) is 5.82 Å². The number of hydrogen-bond donors (Lipinski definition) is 0. The van der Waals surface area contributed by atoms with Crippen LogP contribution in [0.25, 0.3) is 22.0 Å². The van der Waals surface area contributed by atoms with Crippen molar-refractivity contribution in [2.75, 3.05) is 0 Å². The summed E-state index contributed by atoms with van der Waals surface area (Å²) in [4.78, 5) is 17.7. The van der Waals surface area contributed by atoms with Crippen LogP contribution in [0.1, 0.15) is 10.8 Å². The molecule has 0 fully saturated rings. The van der Waals surface area contributed by atoms with E-state index in [9.17, 15) is 0 Å². The van der Waals surface area contributed by atoms with E-state index in [1.165, 1.54) is 46.4 Å². The quantitative estimate of drug-likeness (QED) is 0.579. The van der Waals surface area contributed by atoms with Crippen molar-refractivity contribution in [2.24, 2.45) is 9.98 Å². The van der Waals surface area contributed by atoms with Crippen molar-refractivity contribution in [2.45, 2.75) is 0 Å². The summed E-state index contributed by atoms with van der Waals surface area (Å²) in [5.74, 6) is 1.20. The molecule has 0 spiro atoms. The fourth-order valence-electron chi connectivity index (χ4n) is 1.81. The first-order valence-corrected chi connectivity index (χ1v) is 9.39. The van der Waals surface area contributed by atoms with E-state index in [4.69, 9.17) is 0 Å². The third kappa shape index (κ3) is 2.86. The van der Waals surface area contributed by atoms with Crippen molar-refractivity contribution in [1.29, 1.82) is 0 Å². The Bertz CT molecular complexity index is 835. The van der Waals surface area contributed by atoms with Crippen LogP contribution >= 0.6 is 46.4 Å². The van der Waals surface area contributed by atoms with E-state index in [1.807, 2.05) is 16.2 Å². The van der Waals surface area contributed by atoms with Gasteiger partial charge >= 0.3 is 17.1 Å². The number of amidine groups is 2. The number of aliphatic imine (C=N–C) groups is 2. The largest absolute Gasteiger partial charge is 2.00 e. The van der Waals surface area contributed by atoms with Crippen molar-refractivity contribution in [3.63, 3.8) is 0 Å². The molecule has 117 valence electrons. The molecule has 2 aromatic heterocycles. The third-order valence-electron chi connectivity index (χ3n) is 2.74. The SMILES string of the molecule is C1=C2[N-]C(=Nc3csc(n3)C3=CSC(=Nc4nc2ns4)[N-]3)S1.[Cu+2]. The molecular weight excluding hydrogens is 422 g/mol. The number of fused-ring (bicyclic) bond motifs is 10. The topological polar surface area (TPSA) is 91.6 Å². The summed E-state index contributed by atoms with van der Waals surface area (Å²) in [6.07, 6.45) is 0. The Morgan fingerprint density at radius 3 is 2.61 bits per heavy atom. The predicted molar refractivity (Wildman–Crippen MR) is 94.1 cm³/mol. The second kappa shape index (κ2) is 6.04. The van der Waals surface area contributed by atoms with Crippen molar-refractivity contribution in [1.82, 2.24) is 14.3 Å². The van der Waals surface area contributed by atoms with Crippen LogP contribution in [0.5, 0.6) is 0 Å². The van der Waals surface area contributed by atoms with Gasteiger partial charge < -0.3 is 20.6 Å². The molecule has 5 rings (SSSR count). The zero-order valence-electron chi connectivity index (χ0n) is 10.8. The average Bonchev–Trinajstić information content (AvgIpc) is 3.24. The first kappa shape index (κ1) is 15.4. The van der Waals surface area contributed by atoms with Crippen LogP contribution in [-0.4, -0.2) is 24.7 Å². The molecule has 0 saturated carbocycles. The Morgan fingerprint density at radius 1 is 0.913 bits per heavy atom. The van der Waals surface area contributed by atoms with E-state index in [-0.39, 0.29) is 17.1 Å². The molecule has 0 amide bonds. The molecule has 8 bridgehead atoms. The van der Waals surface area contributed by atoms with Gasteiger partial charge in [0, 0.05) is 16.8 Å². The van der Waals surface area contributed by atoms with E-state index in [2.05, 4.69) is 35.0 Å². The van der Waals surface area contributed by atoms with Crippen molar-refractivity contribution in [3.8, 4) is 0 Å². The Kier molecular flexibility index (Phi) is 4.03. The zero-order valence-corrected chi connectivity index (χ0v) is 15.0. The van der Waals surface area contributed by atoms with Gasteiger partial charge in [-0.15, -0.1) is 34.9 Å². The summed E-state index contributed by atoms with van der Waals surface area (Å²) in [6, 6.07) is 0. The summed E-state index contributed by atoms with van der Waals surface area (Å²) in [7, 11) is 0. The van der Waals surface area contributed by atoms with Crippen LogP contribution in [0.3, 0.4) is 0 Å². The number of hydrogen-bond acceptors (Lipinski definition) is 9. The Balaban J connectivity index is 0.00000135. The summed E-state index contributed by atoms with van der Waals surface area (Å²) < 4.78 is 4.30. The maximum Gasteiger partial charge on any atom is 2.00 e. The molecule has 0 unspecified atom stereocenters. The molecule has 5 heterocycles. The molecule has 2 aromatic rings. The van der Waals surface area contributed by atoms with Gasteiger partial charge in [-0.1, -0.05) is 0 Å². The molecule has 3 aliphatic heterocycles. The fourth-order valence-corrected chi connectivity index (χ4v) is 4.54. The van der Waals surface area contributed by atoms with Crippen LogP contribution in [0.15, 0.2) is 26.2 Å². The number of nitrogens with zero attached hydrogens (tertiary/aromatic N) is 7. The first-order valence-electron chi connectivity index (χ1n) is 5.98. The Labute approximate surface area is 157 Å². The summed E-state index contributed by atoms with van der Waals surface area (Å²) >= 11 is 5.63. The minimum absolute atomic E-state index is 0. The van der Waals surface area contributed by atoms with Gasteiger partial charge in [0.25, 0.3) is 0 Å². The van der Waals surface area contributed by atoms with Gasteiger partial charge in [0.2, 0.25) is 0 Å². The number of rotatable bonds is 0. The smallest absolute Gasteiger partial charge is 0.427 e. The van der Waals surface area contributed by atoms with E-state index in [0.29, 0.717) is 32.8 Å². The van der Waals surface area contributed by atoms with E-state index in [0.717, 1.165) is 10.7 Å². The van der Waals surface area contributed by atoms with E-state index >= 15 is 0 Å². The van der Waals surface area contributed by atoms with Gasteiger partial charge in [-0.25, -0.2) is 9.97 Å². The standard InChI is InChI=1S/C11H3N7S4.Cu/c1-4-7-16-11(22-18-7)17-10-13-5(2-21-10)8-14-6(3-19-8)15-9(12-4)20-1;/h1-3H;/q-2;+2. The van der Waals surface area contributed by atoms with Gasteiger partial charge in [-0.05, 0) is 32.7 Å². The first-order chi connectivity index (χ1) is 10.8. The van der Waals surface area contributed by atoms with Gasteiger partial charge in [-0.2, -0.15) is 4.37 Å². The van der Waals surface area contributed by atoms with Gasteiger partial charge in [-0.3, -0.25) is 0 Å². The van der Waals surface area contributed by atoms with E-state index < -0.39 is 0 Å². The number of thiazole rings is 1. The monoisotopic (exact) mass is 424 g/mol. The molecule has 0 atom stereocenters. The van der Waals surface area contributed by atoms with Crippen LogP contribution < -0.4 is 0 Å². The van der Waals surface area contributed by atoms with Crippen molar-refractivity contribution in [3.05, 3.63) is 37.7 Å². The van der Waals surface area contributed by atoms with Crippen LogP contribution in [0.2, 0.25) is 0 Å². The minimum atomic E-state index is 0. The molecule has 23 heavy (non-hydrogen) atoms. The molecule has 7 nitrogen and oxygen atoms in total. The van der Waals surface area contributed by atoms with Crippen LogP contribution in [0, 0.1) is 0 Å². The van der Waals surface area contributed by atoms with Crippen molar-refractivity contribution < 1.29 is 17.1 Å². The summed E-state index contributed by atoms with van der Waals surface area (Å²) in [5, 5.41) is 17.3. The molecule has 3 aliphatic rings. The van der Waals surface area contributed by atoms with Gasteiger partial charge in [0.1, 0.15) is 10.1 Å². The molecule has 0 aliphatic carbocycles. The third-order valence-corrected chi connectivity index (χ3v) is 5.67. The predicted octanol–water partition coefficient (Wildman–Crippen LogP) is 4.52. The minimum Gasteiger partial charge on any atom is -0.427 e. The molecular formula is C11H3CuN7S4. The maximum absolute atomic E-state index is 4.49. The summed E-state index contributed by atoms with van der Waals surface area (Å²) in [5.41, 5.74) is 1.51. The molecule has 0 aromatic carbocycles. The second-order valence-corrected chi connectivity index (χ2v) is 7.43. The Hall–Kier alpha value is -1.17. The Morgan fingerprint density at radius 2 is 1.70 bits per heavy atom. The normalized spacial score (nSPS) is 17.7. The number of thioether (sulfide) groups is 2.